The Hall–Kier alpha value is -2.95. The van der Waals surface area contributed by atoms with Crippen LogP contribution in [-0.4, -0.2) is 14.8 Å². The second-order valence-electron chi connectivity index (χ2n) is 6.60. The van der Waals surface area contributed by atoms with E-state index in [9.17, 15) is 0 Å². The molecule has 0 atom stereocenters. The van der Waals surface area contributed by atoms with E-state index in [0.717, 1.165) is 59.2 Å². The van der Waals surface area contributed by atoms with E-state index in [-0.39, 0.29) is 5.55 Å². The highest BCUT2D eigenvalue weighted by Crippen LogP contribution is 2.28. The van der Waals surface area contributed by atoms with Gasteiger partial charge in [-0.1, -0.05) is 42.8 Å². The fraction of sp³-hybridized carbons (Fsp3) is 0.250. The summed E-state index contributed by atoms with van der Waals surface area (Å²) in [5.74, 6) is 1.77. The van der Waals surface area contributed by atoms with Gasteiger partial charge in [0.2, 0.25) is 5.55 Å². The van der Waals surface area contributed by atoms with E-state index < -0.39 is 0 Å². The minimum atomic E-state index is 0.142. The predicted molar refractivity (Wildman–Crippen MR) is 96.1 cm³/mol. The molecule has 0 bridgehead atoms. The van der Waals surface area contributed by atoms with Gasteiger partial charge in [0, 0.05) is 23.7 Å². The molecule has 5 heteroatoms. The van der Waals surface area contributed by atoms with Crippen LogP contribution < -0.4 is 5.55 Å². The molecule has 1 aliphatic rings. The van der Waals surface area contributed by atoms with Crippen molar-refractivity contribution in [3.63, 3.8) is 0 Å². The fourth-order valence-corrected chi connectivity index (χ4v) is 3.72. The Balaban J connectivity index is 1.75. The molecule has 5 rings (SSSR count). The van der Waals surface area contributed by atoms with E-state index in [1.54, 1.807) is 0 Å². The summed E-state index contributed by atoms with van der Waals surface area (Å²) in [7, 11) is 0. The van der Waals surface area contributed by atoms with Crippen LogP contribution in [0.15, 0.2) is 46.9 Å². The van der Waals surface area contributed by atoms with Crippen LogP contribution in [0.3, 0.4) is 0 Å². The van der Waals surface area contributed by atoms with Gasteiger partial charge in [0.25, 0.3) is 0 Å². The molecule has 0 fully saturated rings. The third-order valence-corrected chi connectivity index (χ3v) is 5.01. The standard InChI is InChI=1S/C20H18N4O/c21-19-16(20-23-22-17-8-2-1-5-11-24(17)20)12-14-10-9-13-6-3-4-7-15(13)18(14)25-19/h3-4,6-7,9-10,12,21H,1-2,5,8,11H2. The van der Waals surface area contributed by atoms with E-state index in [4.69, 9.17) is 9.83 Å². The highest BCUT2D eigenvalue weighted by molar-refractivity contribution is 6.04. The molecular weight excluding hydrogens is 312 g/mol. The Morgan fingerprint density at radius 3 is 2.80 bits per heavy atom. The molecule has 0 unspecified atom stereocenters. The Morgan fingerprint density at radius 1 is 0.960 bits per heavy atom. The topological polar surface area (TPSA) is 67.7 Å². The summed E-state index contributed by atoms with van der Waals surface area (Å²) in [6.07, 6.45) is 4.45. The monoisotopic (exact) mass is 330 g/mol. The van der Waals surface area contributed by atoms with Crippen molar-refractivity contribution in [1.29, 1.82) is 5.41 Å². The number of hydrogen-bond donors (Lipinski definition) is 1. The van der Waals surface area contributed by atoms with Crippen LogP contribution in [0.1, 0.15) is 25.1 Å². The second-order valence-corrected chi connectivity index (χ2v) is 6.60. The van der Waals surface area contributed by atoms with Gasteiger partial charge < -0.3 is 8.98 Å². The highest BCUT2D eigenvalue weighted by atomic mass is 16.3. The van der Waals surface area contributed by atoms with Crippen molar-refractivity contribution in [2.75, 3.05) is 0 Å². The van der Waals surface area contributed by atoms with Crippen molar-refractivity contribution in [3.05, 3.63) is 53.8 Å². The lowest BCUT2D eigenvalue weighted by atomic mass is 10.1. The molecule has 4 aromatic rings. The Kier molecular flexibility index (Phi) is 3.20. The zero-order valence-corrected chi connectivity index (χ0v) is 13.8. The van der Waals surface area contributed by atoms with Gasteiger partial charge in [-0.2, -0.15) is 0 Å². The van der Waals surface area contributed by atoms with E-state index in [1.165, 1.54) is 6.42 Å². The summed E-state index contributed by atoms with van der Waals surface area (Å²) in [4.78, 5) is 0. The van der Waals surface area contributed by atoms with E-state index >= 15 is 0 Å². The third-order valence-electron chi connectivity index (χ3n) is 5.01. The molecule has 5 nitrogen and oxygen atoms in total. The van der Waals surface area contributed by atoms with Gasteiger partial charge in [-0.15, -0.1) is 10.2 Å². The van der Waals surface area contributed by atoms with Crippen LogP contribution >= 0.6 is 0 Å². The van der Waals surface area contributed by atoms with Crippen LogP contribution in [-0.2, 0) is 13.0 Å². The Bertz CT molecular complexity index is 1160. The molecule has 1 N–H and O–H groups in total. The molecule has 25 heavy (non-hydrogen) atoms. The number of aryl methyl sites for hydroxylation is 1. The van der Waals surface area contributed by atoms with Crippen LogP contribution in [0.25, 0.3) is 33.1 Å². The van der Waals surface area contributed by atoms with Gasteiger partial charge in [-0.05, 0) is 24.3 Å². The fourth-order valence-electron chi connectivity index (χ4n) is 3.72. The molecule has 2 aromatic carbocycles. The molecule has 0 amide bonds. The quantitative estimate of drug-likeness (QED) is 0.535. The zero-order chi connectivity index (χ0) is 16.8. The molecule has 1 aliphatic heterocycles. The van der Waals surface area contributed by atoms with Crippen LogP contribution in [0.5, 0.6) is 0 Å². The van der Waals surface area contributed by atoms with E-state index in [2.05, 4.69) is 26.9 Å². The second kappa shape index (κ2) is 5.55. The first-order valence-electron chi connectivity index (χ1n) is 8.74. The number of hydrogen-bond acceptors (Lipinski definition) is 4. The highest BCUT2D eigenvalue weighted by Gasteiger charge is 2.18. The maximum absolute atomic E-state index is 8.43. The molecule has 0 spiro atoms. The lowest BCUT2D eigenvalue weighted by Gasteiger charge is -2.08. The number of rotatable bonds is 1. The first-order chi connectivity index (χ1) is 12.3. The normalized spacial score (nSPS) is 14.6. The van der Waals surface area contributed by atoms with Gasteiger partial charge in [-0.25, -0.2) is 0 Å². The zero-order valence-electron chi connectivity index (χ0n) is 13.8. The molecule has 2 aromatic heterocycles. The van der Waals surface area contributed by atoms with Crippen molar-refractivity contribution < 1.29 is 4.42 Å². The van der Waals surface area contributed by atoms with Gasteiger partial charge in [0.15, 0.2) is 5.82 Å². The summed E-state index contributed by atoms with van der Waals surface area (Å²) in [5.41, 5.74) is 1.61. The number of fused-ring (bicyclic) bond motifs is 4. The number of nitrogens with zero attached hydrogens (tertiary/aromatic N) is 3. The van der Waals surface area contributed by atoms with Gasteiger partial charge in [-0.3, -0.25) is 5.41 Å². The van der Waals surface area contributed by atoms with E-state index in [1.807, 2.05) is 30.3 Å². The Labute approximate surface area is 144 Å². The van der Waals surface area contributed by atoms with Crippen molar-refractivity contribution >= 4 is 21.7 Å². The van der Waals surface area contributed by atoms with Crippen LogP contribution in [0, 0.1) is 5.41 Å². The minimum Gasteiger partial charge on any atom is -0.438 e. The summed E-state index contributed by atoms with van der Waals surface area (Å²) in [6.45, 7) is 0.910. The first kappa shape index (κ1) is 14.4. The number of aromatic nitrogens is 3. The average Bonchev–Trinajstić information content (AvgIpc) is 2.89. The lowest BCUT2D eigenvalue weighted by Crippen LogP contribution is -2.10. The minimum absolute atomic E-state index is 0.142. The average molecular weight is 330 g/mol. The summed E-state index contributed by atoms with van der Waals surface area (Å²) in [5, 5.41) is 20.3. The van der Waals surface area contributed by atoms with Crippen molar-refractivity contribution in [3.8, 4) is 11.4 Å². The maximum Gasteiger partial charge on any atom is 0.223 e. The van der Waals surface area contributed by atoms with E-state index in [0.29, 0.717) is 5.56 Å². The largest absolute Gasteiger partial charge is 0.438 e. The predicted octanol–water partition coefficient (Wildman–Crippen LogP) is 4.05. The molecule has 124 valence electrons. The summed E-state index contributed by atoms with van der Waals surface area (Å²) < 4.78 is 8.09. The molecule has 0 saturated heterocycles. The smallest absolute Gasteiger partial charge is 0.223 e. The molecular formula is C20H18N4O. The van der Waals surface area contributed by atoms with Crippen LogP contribution in [0.4, 0.5) is 0 Å². The van der Waals surface area contributed by atoms with Gasteiger partial charge in [0.1, 0.15) is 11.4 Å². The molecule has 0 saturated carbocycles. The van der Waals surface area contributed by atoms with Gasteiger partial charge in [0.05, 0.1) is 5.56 Å². The van der Waals surface area contributed by atoms with Crippen molar-refractivity contribution in [2.24, 2.45) is 0 Å². The Morgan fingerprint density at radius 2 is 1.84 bits per heavy atom. The van der Waals surface area contributed by atoms with Crippen molar-refractivity contribution in [1.82, 2.24) is 14.8 Å². The molecule has 0 aliphatic carbocycles. The maximum atomic E-state index is 8.43. The summed E-state index contributed by atoms with van der Waals surface area (Å²) in [6, 6.07) is 14.2. The van der Waals surface area contributed by atoms with Crippen LogP contribution in [0.2, 0.25) is 0 Å². The summed E-state index contributed by atoms with van der Waals surface area (Å²) >= 11 is 0. The molecule has 3 heterocycles. The SMILES string of the molecule is N=c1oc2c(ccc3ccccc32)cc1-c1nnc2n1CCCCC2. The number of nitrogens with one attached hydrogen (secondary N) is 1. The van der Waals surface area contributed by atoms with Gasteiger partial charge >= 0.3 is 0 Å². The lowest BCUT2D eigenvalue weighted by molar-refractivity contribution is 0.536. The number of benzene rings is 2. The van der Waals surface area contributed by atoms with Crippen molar-refractivity contribution in [2.45, 2.75) is 32.2 Å². The molecule has 0 radical (unpaired) electrons. The first-order valence-corrected chi connectivity index (χ1v) is 8.74. The third kappa shape index (κ3) is 2.27.